The van der Waals surface area contributed by atoms with Gasteiger partial charge >= 0.3 is 0 Å². The summed E-state index contributed by atoms with van der Waals surface area (Å²) in [7, 11) is 0. The van der Waals surface area contributed by atoms with Crippen molar-refractivity contribution < 1.29 is 63.4 Å². The number of quaternary nitrogens is 2. The van der Waals surface area contributed by atoms with Crippen LogP contribution in [-0.4, -0.2) is 108 Å². The third-order valence-corrected chi connectivity index (χ3v) is 14.2. The van der Waals surface area contributed by atoms with Crippen molar-refractivity contribution in [2.24, 2.45) is 0 Å². The Morgan fingerprint density at radius 2 is 0.312 bits per heavy atom. The molecular formula is C56H120Br2N2O4. The Morgan fingerprint density at radius 1 is 0.188 bits per heavy atom. The molecule has 0 spiro atoms. The molecular weight excluding hydrogens is 924 g/mol. The SMILES string of the molecule is CCCCCCCCCCCC[N+](CCO)(CCO)CCCCCCCCCCCC.CCCCCCCCCCCC[N+](CCO)(CCO)CCCCCCCCCCCC.[Br-].[Br-]. The Balaban J connectivity index is -0.000000545. The summed E-state index contributed by atoms with van der Waals surface area (Å²) >= 11 is 0. The second-order valence-electron chi connectivity index (χ2n) is 20.1. The van der Waals surface area contributed by atoms with Gasteiger partial charge < -0.3 is 63.4 Å². The van der Waals surface area contributed by atoms with E-state index in [0.717, 1.165) is 61.3 Å². The highest BCUT2D eigenvalue weighted by molar-refractivity contribution is 4.55. The minimum atomic E-state index is 0. The van der Waals surface area contributed by atoms with Crippen LogP contribution in [0.3, 0.4) is 0 Å². The quantitative estimate of drug-likeness (QED) is 0.0362. The summed E-state index contributed by atoms with van der Waals surface area (Å²) in [5, 5.41) is 38.6. The molecule has 0 rings (SSSR count). The van der Waals surface area contributed by atoms with Gasteiger partial charge in [0.25, 0.3) is 0 Å². The predicted octanol–water partition coefficient (Wildman–Crippen LogP) is 9.27. The van der Waals surface area contributed by atoms with E-state index in [2.05, 4.69) is 27.7 Å². The lowest BCUT2D eigenvalue weighted by Gasteiger charge is -2.38. The number of halogens is 2. The van der Waals surface area contributed by atoms with Gasteiger partial charge in [-0.25, -0.2) is 0 Å². The number of rotatable bonds is 52. The minimum absolute atomic E-state index is 0. The highest BCUT2D eigenvalue weighted by atomic mass is 79.9. The number of hydrogen-bond donors (Lipinski definition) is 4. The van der Waals surface area contributed by atoms with Crippen LogP contribution in [0.1, 0.15) is 285 Å². The first-order valence-electron chi connectivity index (χ1n) is 28.6. The summed E-state index contributed by atoms with van der Waals surface area (Å²) in [5.41, 5.74) is 0. The van der Waals surface area contributed by atoms with Crippen molar-refractivity contribution in [3.8, 4) is 0 Å². The van der Waals surface area contributed by atoms with Gasteiger partial charge in [0.05, 0.1) is 52.6 Å². The standard InChI is InChI=1S/2C28H60NO2.2BrH/c2*1-3-5-7-9-11-13-15-17-19-21-23-29(25-27-30,26-28-31)24-22-20-18-16-14-12-10-8-6-4-2;;/h2*30-31H,3-28H2,1-2H3;2*1H/q2*+1;;/p-2. The average Bonchev–Trinajstić information content (AvgIpc) is 3.27. The highest BCUT2D eigenvalue weighted by Crippen LogP contribution is 2.19. The van der Waals surface area contributed by atoms with Gasteiger partial charge in [0.1, 0.15) is 26.2 Å². The van der Waals surface area contributed by atoms with Crippen LogP contribution in [0.2, 0.25) is 0 Å². The summed E-state index contributed by atoms with van der Waals surface area (Å²) in [5.74, 6) is 0. The Labute approximate surface area is 424 Å². The molecule has 0 amide bonds. The van der Waals surface area contributed by atoms with Gasteiger partial charge in [-0.15, -0.1) is 0 Å². The van der Waals surface area contributed by atoms with Crippen LogP contribution >= 0.6 is 0 Å². The molecule has 0 bridgehead atoms. The second kappa shape index (κ2) is 59.8. The number of hydrogen-bond acceptors (Lipinski definition) is 4. The van der Waals surface area contributed by atoms with Gasteiger partial charge in [-0.3, -0.25) is 0 Å². The molecule has 392 valence electrons. The molecule has 0 saturated heterocycles. The van der Waals surface area contributed by atoms with Crippen molar-refractivity contribution in [3.05, 3.63) is 0 Å². The summed E-state index contributed by atoms with van der Waals surface area (Å²) in [4.78, 5) is 0. The first kappa shape index (κ1) is 71.3. The Bertz CT molecular complexity index is 683. The zero-order valence-corrected chi connectivity index (χ0v) is 47.4. The zero-order valence-electron chi connectivity index (χ0n) is 44.2. The number of nitrogens with zero attached hydrogens (tertiary/aromatic N) is 2. The van der Waals surface area contributed by atoms with E-state index >= 15 is 0 Å². The number of unbranched alkanes of at least 4 members (excludes halogenated alkanes) is 36. The molecule has 0 aromatic heterocycles. The largest absolute Gasteiger partial charge is 1.00 e. The fraction of sp³-hybridized carbons (Fsp3) is 1.00. The van der Waals surface area contributed by atoms with Crippen molar-refractivity contribution in [1.29, 1.82) is 0 Å². The summed E-state index contributed by atoms with van der Waals surface area (Å²) in [6, 6.07) is 0. The molecule has 8 heteroatoms. The molecule has 0 heterocycles. The molecule has 0 aliphatic carbocycles. The lowest BCUT2D eigenvalue weighted by atomic mass is 10.1. The molecule has 0 aromatic carbocycles. The molecule has 0 radical (unpaired) electrons. The van der Waals surface area contributed by atoms with Crippen molar-refractivity contribution in [1.82, 2.24) is 0 Å². The van der Waals surface area contributed by atoms with E-state index < -0.39 is 0 Å². The van der Waals surface area contributed by atoms with Crippen LogP contribution in [0.15, 0.2) is 0 Å². The molecule has 0 atom stereocenters. The molecule has 0 unspecified atom stereocenters. The first-order valence-corrected chi connectivity index (χ1v) is 28.6. The molecule has 0 fully saturated rings. The van der Waals surface area contributed by atoms with Gasteiger partial charge in [0.15, 0.2) is 0 Å². The van der Waals surface area contributed by atoms with E-state index in [-0.39, 0.29) is 60.4 Å². The molecule has 64 heavy (non-hydrogen) atoms. The fourth-order valence-corrected chi connectivity index (χ4v) is 9.93. The smallest absolute Gasteiger partial charge is 0.102 e. The number of aliphatic hydroxyl groups excluding tert-OH is 4. The Hall–Kier alpha value is 0.720. The van der Waals surface area contributed by atoms with Crippen LogP contribution in [0.25, 0.3) is 0 Å². The molecule has 0 aliphatic rings. The van der Waals surface area contributed by atoms with E-state index in [1.54, 1.807) is 0 Å². The van der Waals surface area contributed by atoms with Gasteiger partial charge in [-0.1, -0.05) is 233 Å². The second-order valence-corrected chi connectivity index (χ2v) is 20.1. The third-order valence-electron chi connectivity index (χ3n) is 14.2. The first-order chi connectivity index (χ1) is 30.5. The summed E-state index contributed by atoms with van der Waals surface area (Å²) in [6.07, 6.45) is 54.6. The van der Waals surface area contributed by atoms with Crippen LogP contribution in [0.5, 0.6) is 0 Å². The maximum Gasteiger partial charge on any atom is 0.102 e. The monoisotopic (exact) mass is 1040 g/mol. The summed E-state index contributed by atoms with van der Waals surface area (Å²) in [6.45, 7) is 17.9. The number of aliphatic hydroxyl groups is 4. The molecule has 4 N–H and O–H groups in total. The van der Waals surface area contributed by atoms with Crippen LogP contribution in [-0.2, 0) is 0 Å². The van der Waals surface area contributed by atoms with E-state index in [9.17, 15) is 20.4 Å². The average molecular weight is 1050 g/mol. The van der Waals surface area contributed by atoms with Crippen LogP contribution in [0.4, 0.5) is 0 Å². The van der Waals surface area contributed by atoms with Crippen LogP contribution in [0, 0.1) is 0 Å². The molecule has 0 aliphatic heterocycles. The lowest BCUT2D eigenvalue weighted by molar-refractivity contribution is -0.929. The topological polar surface area (TPSA) is 80.9 Å². The minimum Gasteiger partial charge on any atom is -1.00 e. The van der Waals surface area contributed by atoms with E-state index in [1.807, 2.05) is 0 Å². The normalized spacial score (nSPS) is 11.6. The molecule has 0 aromatic rings. The van der Waals surface area contributed by atoms with E-state index in [4.69, 9.17) is 0 Å². The predicted molar refractivity (Wildman–Crippen MR) is 275 cm³/mol. The van der Waals surface area contributed by atoms with Crippen molar-refractivity contribution >= 4 is 0 Å². The van der Waals surface area contributed by atoms with Crippen molar-refractivity contribution in [3.63, 3.8) is 0 Å². The zero-order chi connectivity index (χ0) is 45.8. The van der Waals surface area contributed by atoms with Gasteiger partial charge in [0, 0.05) is 0 Å². The van der Waals surface area contributed by atoms with Crippen molar-refractivity contribution in [2.75, 3.05) is 78.8 Å². The highest BCUT2D eigenvalue weighted by Gasteiger charge is 2.26. The fourth-order valence-electron chi connectivity index (χ4n) is 9.93. The van der Waals surface area contributed by atoms with Gasteiger partial charge in [-0.05, 0) is 51.4 Å². The van der Waals surface area contributed by atoms with E-state index in [1.165, 1.54) is 257 Å². The Kier molecular flexibility index (Phi) is 66.6. The lowest BCUT2D eigenvalue weighted by Crippen LogP contribution is -3.00. The molecule has 6 nitrogen and oxygen atoms in total. The third kappa shape index (κ3) is 50.6. The molecule has 0 saturated carbocycles. The van der Waals surface area contributed by atoms with Crippen molar-refractivity contribution in [2.45, 2.75) is 285 Å². The van der Waals surface area contributed by atoms with Gasteiger partial charge in [-0.2, -0.15) is 0 Å². The van der Waals surface area contributed by atoms with Crippen LogP contribution < -0.4 is 34.0 Å². The van der Waals surface area contributed by atoms with E-state index in [0.29, 0.717) is 0 Å². The summed E-state index contributed by atoms with van der Waals surface area (Å²) < 4.78 is 1.86. The van der Waals surface area contributed by atoms with Gasteiger partial charge in [0.2, 0.25) is 0 Å². The maximum absolute atomic E-state index is 9.65. The Morgan fingerprint density at radius 3 is 0.438 bits per heavy atom. The maximum atomic E-state index is 9.65.